The Kier molecular flexibility index (Phi) is 4.67. The molecule has 1 heterocycles. The third-order valence-corrected chi connectivity index (χ3v) is 4.63. The van der Waals surface area contributed by atoms with Crippen LogP contribution in [0.4, 0.5) is 10.1 Å². The number of carbonyl (C=O) groups excluding carboxylic acids is 1. The number of fused-ring (bicyclic) bond motifs is 1. The minimum absolute atomic E-state index is 0.172. The maximum absolute atomic E-state index is 13.7. The summed E-state index contributed by atoms with van der Waals surface area (Å²) in [5.41, 5.74) is 2.07. The number of nitrogens with zero attached hydrogens (tertiary/aromatic N) is 1. The molecule has 0 aliphatic rings. The van der Waals surface area contributed by atoms with Crippen molar-refractivity contribution in [2.24, 2.45) is 0 Å². The van der Waals surface area contributed by atoms with Gasteiger partial charge in [0.25, 0.3) is 0 Å². The van der Waals surface area contributed by atoms with Crippen molar-refractivity contribution in [1.29, 1.82) is 0 Å². The van der Waals surface area contributed by atoms with Crippen LogP contribution in [0.1, 0.15) is 23.4 Å². The summed E-state index contributed by atoms with van der Waals surface area (Å²) in [6.45, 7) is 1.81. The molecule has 2 aromatic carbocycles. The second-order valence-corrected chi connectivity index (χ2v) is 6.58. The summed E-state index contributed by atoms with van der Waals surface area (Å²) in [6.07, 6.45) is 1.80. The second kappa shape index (κ2) is 6.87. The Balaban J connectivity index is 1.52. The number of nitrogens with one attached hydrogen (secondary N) is 1. The van der Waals surface area contributed by atoms with Gasteiger partial charge in [0.2, 0.25) is 5.91 Å². The maximum atomic E-state index is 13.7. The quantitative estimate of drug-likeness (QED) is 0.737. The van der Waals surface area contributed by atoms with E-state index in [1.165, 1.54) is 6.07 Å². The number of thiazole rings is 1. The number of hydrogen-bond donors (Lipinski definition) is 1. The monoisotopic (exact) mass is 328 g/mol. The van der Waals surface area contributed by atoms with Crippen LogP contribution in [0.25, 0.3) is 10.2 Å². The van der Waals surface area contributed by atoms with E-state index in [0.29, 0.717) is 12.8 Å². The lowest BCUT2D eigenvalue weighted by Crippen LogP contribution is -2.12. The second-order valence-electron chi connectivity index (χ2n) is 5.46. The summed E-state index contributed by atoms with van der Waals surface area (Å²) < 4.78 is 14.9. The molecule has 5 heteroatoms. The van der Waals surface area contributed by atoms with Crippen molar-refractivity contribution in [3.8, 4) is 0 Å². The number of aromatic nitrogens is 1. The molecule has 3 rings (SSSR count). The number of carbonyl (C=O) groups is 1. The number of benzene rings is 2. The van der Waals surface area contributed by atoms with Crippen molar-refractivity contribution in [3.05, 3.63) is 58.9 Å². The summed E-state index contributed by atoms with van der Waals surface area (Å²) in [4.78, 5) is 16.5. The molecule has 0 bridgehead atoms. The van der Waals surface area contributed by atoms with Crippen molar-refractivity contribution in [2.45, 2.75) is 26.2 Å². The fraction of sp³-hybridized carbons (Fsp3) is 0.222. The molecular weight excluding hydrogens is 311 g/mol. The van der Waals surface area contributed by atoms with E-state index < -0.39 is 5.82 Å². The van der Waals surface area contributed by atoms with Crippen LogP contribution in [-0.2, 0) is 11.2 Å². The number of rotatable bonds is 5. The summed E-state index contributed by atoms with van der Waals surface area (Å²) in [6, 6.07) is 12.8. The van der Waals surface area contributed by atoms with Gasteiger partial charge in [0.1, 0.15) is 5.82 Å². The van der Waals surface area contributed by atoms with Gasteiger partial charge in [-0.1, -0.05) is 18.2 Å². The molecule has 1 N–H and O–H groups in total. The summed E-state index contributed by atoms with van der Waals surface area (Å²) in [7, 11) is 0. The molecule has 1 aromatic heterocycles. The van der Waals surface area contributed by atoms with Gasteiger partial charge in [0, 0.05) is 6.42 Å². The van der Waals surface area contributed by atoms with Crippen LogP contribution in [0.3, 0.4) is 0 Å². The van der Waals surface area contributed by atoms with E-state index in [1.54, 1.807) is 23.5 Å². The molecule has 0 atom stereocenters. The first kappa shape index (κ1) is 15.6. The third kappa shape index (κ3) is 3.93. The lowest BCUT2D eigenvalue weighted by Gasteiger charge is -2.06. The summed E-state index contributed by atoms with van der Waals surface area (Å²) in [5.74, 6) is -0.571. The molecule has 1 amide bonds. The van der Waals surface area contributed by atoms with Gasteiger partial charge in [-0.05, 0) is 49.6 Å². The van der Waals surface area contributed by atoms with E-state index in [-0.39, 0.29) is 11.6 Å². The molecule has 3 aromatic rings. The molecule has 0 saturated heterocycles. The fourth-order valence-corrected chi connectivity index (χ4v) is 3.37. The highest BCUT2D eigenvalue weighted by atomic mass is 32.1. The molecule has 0 aliphatic carbocycles. The SMILES string of the molecule is Cc1ccc(NC(=O)CCCc2nc3ccccc3s2)c(F)c1. The van der Waals surface area contributed by atoms with Gasteiger partial charge in [-0.3, -0.25) is 4.79 Å². The van der Waals surface area contributed by atoms with E-state index in [1.807, 2.05) is 31.2 Å². The van der Waals surface area contributed by atoms with Gasteiger partial charge in [0.15, 0.2) is 0 Å². The van der Waals surface area contributed by atoms with Gasteiger partial charge in [-0.2, -0.15) is 0 Å². The number of para-hydroxylation sites is 1. The zero-order chi connectivity index (χ0) is 16.2. The minimum Gasteiger partial charge on any atom is -0.324 e. The van der Waals surface area contributed by atoms with Crippen molar-refractivity contribution in [1.82, 2.24) is 4.98 Å². The molecule has 0 aliphatic heterocycles. The van der Waals surface area contributed by atoms with Crippen LogP contribution in [0.15, 0.2) is 42.5 Å². The van der Waals surface area contributed by atoms with E-state index in [9.17, 15) is 9.18 Å². The summed E-state index contributed by atoms with van der Waals surface area (Å²) in [5, 5.41) is 3.65. The van der Waals surface area contributed by atoms with Gasteiger partial charge in [0.05, 0.1) is 20.9 Å². The zero-order valence-corrected chi connectivity index (χ0v) is 13.6. The van der Waals surface area contributed by atoms with Gasteiger partial charge in [-0.25, -0.2) is 9.37 Å². The standard InChI is InChI=1S/C18H17FN2OS/c1-12-9-10-14(13(19)11-12)20-17(22)7-4-8-18-21-15-5-2-3-6-16(15)23-18/h2-3,5-6,9-11H,4,7-8H2,1H3,(H,20,22). The van der Waals surface area contributed by atoms with Gasteiger partial charge >= 0.3 is 0 Å². The topological polar surface area (TPSA) is 42.0 Å². The highest BCUT2D eigenvalue weighted by Gasteiger charge is 2.08. The highest BCUT2D eigenvalue weighted by molar-refractivity contribution is 7.18. The van der Waals surface area contributed by atoms with E-state index in [4.69, 9.17) is 0 Å². The van der Waals surface area contributed by atoms with Gasteiger partial charge < -0.3 is 5.32 Å². The molecule has 0 saturated carbocycles. The number of hydrogen-bond acceptors (Lipinski definition) is 3. The average molecular weight is 328 g/mol. The van der Waals surface area contributed by atoms with Crippen LogP contribution in [-0.4, -0.2) is 10.9 Å². The average Bonchev–Trinajstić information content (AvgIpc) is 2.93. The number of amides is 1. The van der Waals surface area contributed by atoms with Crippen molar-refractivity contribution >= 4 is 33.1 Å². The van der Waals surface area contributed by atoms with Crippen LogP contribution in [0, 0.1) is 12.7 Å². The highest BCUT2D eigenvalue weighted by Crippen LogP contribution is 2.23. The Morgan fingerprint density at radius 1 is 1.26 bits per heavy atom. The predicted molar refractivity (Wildman–Crippen MR) is 92.3 cm³/mol. The Hall–Kier alpha value is -2.27. The largest absolute Gasteiger partial charge is 0.324 e. The Morgan fingerprint density at radius 3 is 2.87 bits per heavy atom. The van der Waals surface area contributed by atoms with Crippen LogP contribution >= 0.6 is 11.3 Å². The van der Waals surface area contributed by atoms with Crippen molar-refractivity contribution in [2.75, 3.05) is 5.32 Å². The molecule has 23 heavy (non-hydrogen) atoms. The van der Waals surface area contributed by atoms with Crippen molar-refractivity contribution in [3.63, 3.8) is 0 Å². The van der Waals surface area contributed by atoms with Crippen LogP contribution in [0.2, 0.25) is 0 Å². The molecule has 0 spiro atoms. The maximum Gasteiger partial charge on any atom is 0.224 e. The van der Waals surface area contributed by atoms with E-state index >= 15 is 0 Å². The minimum atomic E-state index is -0.399. The van der Waals surface area contributed by atoms with E-state index in [0.717, 1.165) is 27.2 Å². The van der Waals surface area contributed by atoms with E-state index in [2.05, 4.69) is 10.3 Å². The van der Waals surface area contributed by atoms with Crippen LogP contribution < -0.4 is 5.32 Å². The molecule has 0 fully saturated rings. The first-order chi connectivity index (χ1) is 11.1. The van der Waals surface area contributed by atoms with Crippen molar-refractivity contribution < 1.29 is 9.18 Å². The Bertz CT molecular complexity index is 811. The summed E-state index contributed by atoms with van der Waals surface area (Å²) >= 11 is 1.65. The normalized spacial score (nSPS) is 10.9. The lowest BCUT2D eigenvalue weighted by atomic mass is 10.2. The number of aryl methyl sites for hydroxylation is 2. The predicted octanol–water partition coefficient (Wildman–Crippen LogP) is 4.71. The first-order valence-electron chi connectivity index (χ1n) is 7.52. The third-order valence-electron chi connectivity index (χ3n) is 3.53. The molecular formula is C18H17FN2OS. The number of halogens is 1. The number of anilines is 1. The fourth-order valence-electron chi connectivity index (χ4n) is 2.36. The first-order valence-corrected chi connectivity index (χ1v) is 8.34. The smallest absolute Gasteiger partial charge is 0.224 e. The lowest BCUT2D eigenvalue weighted by molar-refractivity contribution is -0.116. The molecule has 0 unspecified atom stereocenters. The molecule has 118 valence electrons. The van der Waals surface area contributed by atoms with Crippen LogP contribution in [0.5, 0.6) is 0 Å². The Labute approximate surface area is 138 Å². The zero-order valence-electron chi connectivity index (χ0n) is 12.8. The molecule has 0 radical (unpaired) electrons. The Morgan fingerprint density at radius 2 is 2.09 bits per heavy atom. The molecule has 3 nitrogen and oxygen atoms in total. The van der Waals surface area contributed by atoms with Gasteiger partial charge in [-0.15, -0.1) is 11.3 Å².